The maximum Gasteiger partial charge on any atom is 0.0814 e. The van der Waals surface area contributed by atoms with Crippen molar-refractivity contribution in [1.82, 2.24) is 9.78 Å². The minimum Gasteiger partial charge on any atom is -0.383 e. The molecule has 62 valence electrons. The number of hydrogen-bond acceptors (Lipinski definition) is 2. The fraction of sp³-hybridized carbons (Fsp3) is 0.571. The van der Waals surface area contributed by atoms with E-state index in [-0.39, 0.29) is 0 Å². The zero-order valence-electron chi connectivity index (χ0n) is 6.67. The normalized spacial score (nSPS) is 10.5. The summed E-state index contributed by atoms with van der Waals surface area (Å²) in [5, 5.41) is 4.77. The van der Waals surface area contributed by atoms with Crippen molar-refractivity contribution in [1.29, 1.82) is 0 Å². The molecule has 0 saturated heterocycles. The third-order valence-corrected chi connectivity index (χ3v) is 1.92. The molecule has 0 fully saturated rings. The lowest BCUT2D eigenvalue weighted by Gasteiger charge is -2.01. The Hall–Kier alpha value is -0.540. The Morgan fingerprint density at radius 3 is 2.91 bits per heavy atom. The number of nitrogens with zero attached hydrogens (tertiary/aromatic N) is 2. The summed E-state index contributed by atoms with van der Waals surface area (Å²) < 4.78 is 6.73. The number of halogens is 1. The monoisotopic (exact) mass is 174 g/mol. The van der Waals surface area contributed by atoms with Crippen LogP contribution in [-0.4, -0.2) is 23.5 Å². The average Bonchev–Trinajstić information content (AvgIpc) is 2.31. The Labute approximate surface area is 70.9 Å². The fourth-order valence-corrected chi connectivity index (χ4v) is 0.968. The van der Waals surface area contributed by atoms with Crippen molar-refractivity contribution in [2.75, 3.05) is 13.7 Å². The smallest absolute Gasteiger partial charge is 0.0814 e. The van der Waals surface area contributed by atoms with Gasteiger partial charge in [-0.3, -0.25) is 4.68 Å². The molecule has 0 aromatic carbocycles. The molecule has 0 unspecified atom stereocenters. The Bertz CT molecular complexity index is 234. The average molecular weight is 175 g/mol. The highest BCUT2D eigenvalue weighted by molar-refractivity contribution is 6.31. The molecular weight excluding hydrogens is 164 g/mol. The number of rotatable bonds is 3. The molecule has 1 rings (SSSR count). The third kappa shape index (κ3) is 1.94. The van der Waals surface area contributed by atoms with Gasteiger partial charge in [0.2, 0.25) is 0 Å². The summed E-state index contributed by atoms with van der Waals surface area (Å²) in [4.78, 5) is 0. The van der Waals surface area contributed by atoms with Gasteiger partial charge in [0, 0.05) is 7.11 Å². The molecule has 0 aliphatic heterocycles. The first-order chi connectivity index (χ1) is 5.25. The van der Waals surface area contributed by atoms with Crippen LogP contribution >= 0.6 is 11.6 Å². The first-order valence-electron chi connectivity index (χ1n) is 3.42. The van der Waals surface area contributed by atoms with Gasteiger partial charge < -0.3 is 4.74 Å². The molecule has 0 N–H and O–H groups in total. The van der Waals surface area contributed by atoms with Crippen LogP contribution in [0.1, 0.15) is 5.69 Å². The summed E-state index contributed by atoms with van der Waals surface area (Å²) >= 11 is 5.78. The molecule has 0 radical (unpaired) electrons. The molecular formula is C7H11ClN2O. The van der Waals surface area contributed by atoms with Crippen molar-refractivity contribution in [2.24, 2.45) is 0 Å². The van der Waals surface area contributed by atoms with Crippen LogP contribution < -0.4 is 0 Å². The third-order valence-electron chi connectivity index (χ3n) is 1.55. The minimum absolute atomic E-state index is 0.666. The van der Waals surface area contributed by atoms with E-state index in [1.165, 1.54) is 0 Å². The van der Waals surface area contributed by atoms with Crippen molar-refractivity contribution in [3.8, 4) is 0 Å². The van der Waals surface area contributed by atoms with E-state index in [9.17, 15) is 0 Å². The van der Waals surface area contributed by atoms with Crippen LogP contribution in [-0.2, 0) is 11.3 Å². The number of aromatic nitrogens is 2. The maximum atomic E-state index is 5.78. The second kappa shape index (κ2) is 3.74. The Balaban J connectivity index is 2.63. The van der Waals surface area contributed by atoms with Crippen LogP contribution in [0.15, 0.2) is 6.20 Å². The lowest BCUT2D eigenvalue weighted by Crippen LogP contribution is -2.06. The van der Waals surface area contributed by atoms with Crippen LogP contribution in [0.2, 0.25) is 5.02 Å². The van der Waals surface area contributed by atoms with Gasteiger partial charge in [0.15, 0.2) is 0 Å². The first-order valence-corrected chi connectivity index (χ1v) is 3.80. The molecule has 0 aliphatic rings. The van der Waals surface area contributed by atoms with Crippen LogP contribution in [0.3, 0.4) is 0 Å². The lowest BCUT2D eigenvalue weighted by atomic mass is 10.5. The number of ether oxygens (including phenoxy) is 1. The summed E-state index contributed by atoms with van der Waals surface area (Å²) in [5.41, 5.74) is 0.990. The van der Waals surface area contributed by atoms with E-state index in [0.717, 1.165) is 12.2 Å². The molecule has 0 atom stereocenters. The Morgan fingerprint density at radius 1 is 1.73 bits per heavy atom. The van der Waals surface area contributed by atoms with E-state index in [4.69, 9.17) is 16.3 Å². The SMILES string of the molecule is COCCn1ncc(Cl)c1C. The standard InChI is InChI=1S/C7H11ClN2O/c1-6-7(8)5-9-10(6)3-4-11-2/h5H,3-4H2,1-2H3. The van der Waals surface area contributed by atoms with Gasteiger partial charge in [-0.25, -0.2) is 0 Å². The van der Waals surface area contributed by atoms with Crippen molar-refractivity contribution >= 4 is 11.6 Å². The zero-order chi connectivity index (χ0) is 8.27. The highest BCUT2D eigenvalue weighted by Crippen LogP contribution is 2.12. The van der Waals surface area contributed by atoms with Crippen molar-refractivity contribution < 1.29 is 4.74 Å². The Morgan fingerprint density at radius 2 is 2.45 bits per heavy atom. The van der Waals surface area contributed by atoms with E-state index >= 15 is 0 Å². The summed E-state index contributed by atoms with van der Waals surface area (Å²) in [6, 6.07) is 0. The molecule has 0 spiro atoms. The van der Waals surface area contributed by atoms with Gasteiger partial charge in [0.1, 0.15) is 0 Å². The van der Waals surface area contributed by atoms with Crippen LogP contribution in [0.4, 0.5) is 0 Å². The topological polar surface area (TPSA) is 27.1 Å². The highest BCUT2D eigenvalue weighted by Gasteiger charge is 2.01. The number of methoxy groups -OCH3 is 1. The van der Waals surface area contributed by atoms with E-state index in [1.54, 1.807) is 13.3 Å². The molecule has 3 nitrogen and oxygen atoms in total. The lowest BCUT2D eigenvalue weighted by molar-refractivity contribution is 0.183. The van der Waals surface area contributed by atoms with Gasteiger partial charge in [-0.2, -0.15) is 5.10 Å². The quantitative estimate of drug-likeness (QED) is 0.695. The van der Waals surface area contributed by atoms with Gasteiger partial charge in [-0.15, -0.1) is 0 Å². The molecule has 0 saturated carbocycles. The number of hydrogen-bond donors (Lipinski definition) is 0. The van der Waals surface area contributed by atoms with E-state index in [1.807, 2.05) is 11.6 Å². The van der Waals surface area contributed by atoms with Gasteiger partial charge in [-0.1, -0.05) is 11.6 Å². The van der Waals surface area contributed by atoms with Crippen LogP contribution in [0.5, 0.6) is 0 Å². The summed E-state index contributed by atoms with van der Waals surface area (Å²) in [6.45, 7) is 3.36. The zero-order valence-corrected chi connectivity index (χ0v) is 7.43. The molecule has 11 heavy (non-hydrogen) atoms. The fourth-order valence-electron chi connectivity index (χ4n) is 0.827. The van der Waals surface area contributed by atoms with Crippen molar-refractivity contribution in [3.63, 3.8) is 0 Å². The molecule has 1 aromatic rings. The van der Waals surface area contributed by atoms with E-state index in [2.05, 4.69) is 5.10 Å². The van der Waals surface area contributed by atoms with Crippen molar-refractivity contribution in [2.45, 2.75) is 13.5 Å². The summed E-state index contributed by atoms with van der Waals surface area (Å²) in [6.07, 6.45) is 1.65. The van der Waals surface area contributed by atoms with Gasteiger partial charge in [0.25, 0.3) is 0 Å². The summed E-state index contributed by atoms with van der Waals surface area (Å²) in [7, 11) is 1.67. The van der Waals surface area contributed by atoms with Gasteiger partial charge in [-0.05, 0) is 6.92 Å². The molecule has 0 bridgehead atoms. The molecule has 1 aromatic heterocycles. The highest BCUT2D eigenvalue weighted by atomic mass is 35.5. The molecule has 1 heterocycles. The van der Waals surface area contributed by atoms with Gasteiger partial charge >= 0.3 is 0 Å². The summed E-state index contributed by atoms with van der Waals surface area (Å²) in [5.74, 6) is 0. The minimum atomic E-state index is 0.666. The Kier molecular flexibility index (Phi) is 2.91. The molecule has 0 amide bonds. The molecule has 0 aliphatic carbocycles. The van der Waals surface area contributed by atoms with Crippen molar-refractivity contribution in [3.05, 3.63) is 16.9 Å². The maximum absolute atomic E-state index is 5.78. The first kappa shape index (κ1) is 8.56. The molecule has 4 heteroatoms. The van der Waals surface area contributed by atoms with Gasteiger partial charge in [0.05, 0.1) is 30.1 Å². The van der Waals surface area contributed by atoms with Crippen LogP contribution in [0, 0.1) is 6.92 Å². The largest absolute Gasteiger partial charge is 0.383 e. The predicted molar refractivity (Wildman–Crippen MR) is 43.9 cm³/mol. The second-order valence-corrected chi connectivity index (χ2v) is 2.70. The predicted octanol–water partition coefficient (Wildman–Crippen LogP) is 1.49. The van der Waals surface area contributed by atoms with E-state index < -0.39 is 0 Å². The second-order valence-electron chi connectivity index (χ2n) is 2.29. The van der Waals surface area contributed by atoms with E-state index in [0.29, 0.717) is 11.6 Å². The van der Waals surface area contributed by atoms with Crippen LogP contribution in [0.25, 0.3) is 0 Å².